The van der Waals surface area contributed by atoms with Gasteiger partial charge in [0.2, 0.25) is 16.8 Å². The normalized spacial score (nSPS) is 29.3. The number of hydrogen-bond donors (Lipinski definition) is 1. The van der Waals surface area contributed by atoms with Crippen LogP contribution in [0.25, 0.3) is 0 Å². The van der Waals surface area contributed by atoms with E-state index in [4.69, 9.17) is 9.47 Å². The van der Waals surface area contributed by atoms with Gasteiger partial charge < -0.3 is 14.8 Å². The summed E-state index contributed by atoms with van der Waals surface area (Å²) in [5.74, 6) is 1.12. The number of ether oxygens (including phenoxy) is 2. The van der Waals surface area contributed by atoms with Crippen molar-refractivity contribution in [2.45, 2.75) is 55.6 Å². The molecule has 3 heterocycles. The summed E-state index contributed by atoms with van der Waals surface area (Å²) in [6.07, 6.45) is 4.07. The van der Waals surface area contributed by atoms with Crippen LogP contribution in [-0.4, -0.2) is 44.7 Å². The SMILES string of the molecule is Cc1cc2c(cc1S(=O)(=O)N(C)C1CC3CCC(C1)N3)OCO2. The van der Waals surface area contributed by atoms with Gasteiger partial charge in [0.1, 0.15) is 0 Å². The van der Waals surface area contributed by atoms with Crippen LogP contribution >= 0.6 is 0 Å². The first-order chi connectivity index (χ1) is 10.9. The molecular formula is C16H22N2O4S. The lowest BCUT2D eigenvalue weighted by atomic mass is 10.0. The molecule has 2 unspecified atom stereocenters. The number of aryl methyl sites for hydroxylation is 1. The number of rotatable bonds is 3. The summed E-state index contributed by atoms with van der Waals surface area (Å²) in [7, 11) is -1.84. The molecule has 0 amide bonds. The summed E-state index contributed by atoms with van der Waals surface area (Å²) in [6, 6.07) is 4.31. The summed E-state index contributed by atoms with van der Waals surface area (Å²) >= 11 is 0. The van der Waals surface area contributed by atoms with Crippen LogP contribution in [0, 0.1) is 6.92 Å². The predicted molar refractivity (Wildman–Crippen MR) is 85.2 cm³/mol. The summed E-state index contributed by atoms with van der Waals surface area (Å²) in [5, 5.41) is 3.55. The van der Waals surface area contributed by atoms with E-state index < -0.39 is 10.0 Å². The van der Waals surface area contributed by atoms with Gasteiger partial charge in [-0.3, -0.25) is 0 Å². The Morgan fingerprint density at radius 1 is 1.13 bits per heavy atom. The van der Waals surface area contributed by atoms with Gasteiger partial charge in [-0.2, -0.15) is 4.31 Å². The van der Waals surface area contributed by atoms with Crippen LogP contribution in [0.4, 0.5) is 0 Å². The van der Waals surface area contributed by atoms with Crippen LogP contribution in [-0.2, 0) is 10.0 Å². The van der Waals surface area contributed by atoms with Crippen molar-refractivity contribution < 1.29 is 17.9 Å². The fourth-order valence-electron chi connectivity index (χ4n) is 3.98. The third-order valence-corrected chi connectivity index (χ3v) is 7.34. The van der Waals surface area contributed by atoms with Crippen LogP contribution in [0.2, 0.25) is 0 Å². The highest BCUT2D eigenvalue weighted by Crippen LogP contribution is 2.38. The van der Waals surface area contributed by atoms with E-state index in [-0.39, 0.29) is 12.8 Å². The second-order valence-corrected chi connectivity index (χ2v) is 8.72. The largest absolute Gasteiger partial charge is 0.454 e. The Labute approximate surface area is 136 Å². The Morgan fingerprint density at radius 2 is 1.74 bits per heavy atom. The van der Waals surface area contributed by atoms with Crippen LogP contribution in [0.5, 0.6) is 11.5 Å². The molecule has 0 radical (unpaired) electrons. The van der Waals surface area contributed by atoms with E-state index in [2.05, 4.69) is 5.32 Å². The van der Waals surface area contributed by atoms with Crippen LogP contribution in [0.15, 0.2) is 17.0 Å². The van der Waals surface area contributed by atoms with Gasteiger partial charge in [-0.15, -0.1) is 0 Å². The molecule has 126 valence electrons. The number of fused-ring (bicyclic) bond motifs is 3. The lowest BCUT2D eigenvalue weighted by Gasteiger charge is -2.35. The number of nitrogens with zero attached hydrogens (tertiary/aromatic N) is 1. The molecule has 0 spiro atoms. The summed E-state index contributed by atoms with van der Waals surface area (Å²) in [4.78, 5) is 0.315. The Morgan fingerprint density at radius 3 is 2.39 bits per heavy atom. The molecule has 2 atom stereocenters. The first-order valence-electron chi connectivity index (χ1n) is 8.09. The van der Waals surface area contributed by atoms with Gasteiger partial charge in [-0.1, -0.05) is 0 Å². The average molecular weight is 338 g/mol. The fraction of sp³-hybridized carbons (Fsp3) is 0.625. The number of sulfonamides is 1. The summed E-state index contributed by atoms with van der Waals surface area (Å²) in [6.45, 7) is 1.95. The van der Waals surface area contributed by atoms with Gasteiger partial charge in [0, 0.05) is 31.2 Å². The van der Waals surface area contributed by atoms with Crippen molar-refractivity contribution in [2.24, 2.45) is 0 Å². The second kappa shape index (κ2) is 5.36. The highest BCUT2D eigenvalue weighted by Gasteiger charge is 2.39. The maximum Gasteiger partial charge on any atom is 0.243 e. The highest BCUT2D eigenvalue weighted by molar-refractivity contribution is 7.89. The average Bonchev–Trinajstić information content (AvgIpc) is 3.10. The Balaban J connectivity index is 1.65. The number of nitrogens with one attached hydrogen (secondary N) is 1. The zero-order chi connectivity index (χ0) is 16.2. The molecule has 6 nitrogen and oxygen atoms in total. The third kappa shape index (κ3) is 2.51. The molecule has 2 saturated heterocycles. The molecule has 1 aromatic carbocycles. The standard InChI is InChI=1S/C16H22N2O4S/c1-10-5-14-15(22-9-21-14)8-16(10)23(19,20)18(2)13-6-11-3-4-12(7-13)17-11/h5,8,11-13,17H,3-4,6-7,9H2,1-2H3. The number of piperidine rings is 1. The molecule has 7 heteroatoms. The van der Waals surface area contributed by atoms with Crippen molar-refractivity contribution in [1.29, 1.82) is 0 Å². The highest BCUT2D eigenvalue weighted by atomic mass is 32.2. The lowest BCUT2D eigenvalue weighted by molar-refractivity contribution is 0.174. The van der Waals surface area contributed by atoms with Gasteiger partial charge in [0.25, 0.3) is 0 Å². The van der Waals surface area contributed by atoms with Crippen molar-refractivity contribution >= 4 is 10.0 Å². The Kier molecular flexibility index (Phi) is 3.55. The molecule has 2 bridgehead atoms. The predicted octanol–water partition coefficient (Wildman–Crippen LogP) is 1.63. The molecule has 1 N–H and O–H groups in total. The zero-order valence-corrected chi connectivity index (χ0v) is 14.2. The molecule has 4 rings (SSSR count). The van der Waals surface area contributed by atoms with E-state index in [0.717, 1.165) is 25.7 Å². The molecule has 23 heavy (non-hydrogen) atoms. The minimum atomic E-state index is -3.54. The Bertz CT molecular complexity index is 722. The maximum atomic E-state index is 13.1. The maximum absolute atomic E-state index is 13.1. The third-order valence-electron chi connectivity index (χ3n) is 5.29. The van der Waals surface area contributed by atoms with E-state index in [1.807, 2.05) is 0 Å². The van der Waals surface area contributed by atoms with Crippen molar-refractivity contribution in [3.05, 3.63) is 17.7 Å². The van der Waals surface area contributed by atoms with Gasteiger partial charge in [0.15, 0.2) is 11.5 Å². The molecule has 3 aliphatic rings. The van der Waals surface area contributed by atoms with Crippen LogP contribution in [0.1, 0.15) is 31.2 Å². The van der Waals surface area contributed by atoms with Crippen molar-refractivity contribution in [3.8, 4) is 11.5 Å². The molecule has 0 aromatic heterocycles. The lowest BCUT2D eigenvalue weighted by Crippen LogP contribution is -2.48. The second-order valence-electron chi connectivity index (χ2n) is 6.76. The van der Waals surface area contributed by atoms with Gasteiger partial charge in [-0.05, 0) is 44.2 Å². The molecule has 0 aliphatic carbocycles. The van der Waals surface area contributed by atoms with Crippen molar-refractivity contribution in [3.63, 3.8) is 0 Å². The zero-order valence-electron chi connectivity index (χ0n) is 13.4. The van der Waals surface area contributed by atoms with Crippen molar-refractivity contribution in [1.82, 2.24) is 9.62 Å². The van der Waals surface area contributed by atoms with Crippen LogP contribution < -0.4 is 14.8 Å². The van der Waals surface area contributed by atoms with E-state index in [1.54, 1.807) is 30.4 Å². The van der Waals surface area contributed by atoms with Crippen molar-refractivity contribution in [2.75, 3.05) is 13.8 Å². The molecular weight excluding hydrogens is 316 g/mol. The Hall–Kier alpha value is -1.31. The molecule has 3 aliphatic heterocycles. The van der Waals surface area contributed by atoms with E-state index in [1.165, 1.54) is 0 Å². The minimum absolute atomic E-state index is 0.0589. The minimum Gasteiger partial charge on any atom is -0.454 e. The van der Waals surface area contributed by atoms with Gasteiger partial charge >= 0.3 is 0 Å². The number of benzene rings is 1. The first-order valence-corrected chi connectivity index (χ1v) is 9.53. The topological polar surface area (TPSA) is 67.9 Å². The summed E-state index contributed by atoms with van der Waals surface area (Å²) in [5.41, 5.74) is 0.693. The molecule has 1 aromatic rings. The quantitative estimate of drug-likeness (QED) is 0.907. The monoisotopic (exact) mass is 338 g/mol. The van der Waals surface area contributed by atoms with Crippen LogP contribution in [0.3, 0.4) is 0 Å². The first kappa shape index (κ1) is 15.2. The molecule has 0 saturated carbocycles. The van der Waals surface area contributed by atoms with E-state index >= 15 is 0 Å². The van der Waals surface area contributed by atoms with E-state index in [0.29, 0.717) is 34.0 Å². The molecule has 2 fully saturated rings. The smallest absolute Gasteiger partial charge is 0.243 e. The van der Waals surface area contributed by atoms with Gasteiger partial charge in [-0.25, -0.2) is 8.42 Å². The van der Waals surface area contributed by atoms with E-state index in [9.17, 15) is 8.42 Å². The number of hydrogen-bond acceptors (Lipinski definition) is 5. The summed E-state index contributed by atoms with van der Waals surface area (Å²) < 4.78 is 38.4. The van der Waals surface area contributed by atoms with Gasteiger partial charge in [0.05, 0.1) is 4.90 Å². The fourth-order valence-corrected chi connectivity index (χ4v) is 5.58.